The van der Waals surface area contributed by atoms with Crippen LogP contribution >= 0.6 is 0 Å². The highest BCUT2D eigenvalue weighted by molar-refractivity contribution is 6.13. The summed E-state index contributed by atoms with van der Waals surface area (Å²) in [5.41, 5.74) is 17.3. The summed E-state index contributed by atoms with van der Waals surface area (Å²) in [5.74, 6) is 0. The molecule has 0 saturated heterocycles. The van der Waals surface area contributed by atoms with E-state index in [0.717, 1.165) is 45.5 Å². The second-order valence-electron chi connectivity index (χ2n) is 15.4. The molecule has 4 nitrogen and oxygen atoms in total. The maximum atomic E-state index is 2.44. The van der Waals surface area contributed by atoms with Gasteiger partial charge in [-0.25, -0.2) is 0 Å². The molecule has 0 fully saturated rings. The fourth-order valence-corrected chi connectivity index (χ4v) is 9.50. The van der Waals surface area contributed by atoms with Gasteiger partial charge in [-0.2, -0.15) is 0 Å². The molecule has 9 aromatic carbocycles. The van der Waals surface area contributed by atoms with Crippen LogP contribution in [-0.2, 0) is 0 Å². The van der Waals surface area contributed by atoms with Crippen molar-refractivity contribution in [1.29, 1.82) is 0 Å². The van der Waals surface area contributed by atoms with E-state index in [1.165, 1.54) is 55.1 Å². The molecule has 282 valence electrons. The minimum Gasteiger partial charge on any atom is -0.311 e. The molecule has 1 aliphatic heterocycles. The summed E-state index contributed by atoms with van der Waals surface area (Å²) >= 11 is 0. The molecule has 0 N–H and O–H groups in total. The molecule has 0 spiro atoms. The first-order chi connectivity index (χ1) is 29.8. The van der Waals surface area contributed by atoms with Crippen LogP contribution in [0.2, 0.25) is 0 Å². The normalized spacial score (nSPS) is 12.0. The summed E-state index contributed by atoms with van der Waals surface area (Å²) < 4.78 is 4.81. The van der Waals surface area contributed by atoms with Crippen molar-refractivity contribution in [1.82, 2.24) is 9.13 Å². The molecule has 0 bridgehead atoms. The van der Waals surface area contributed by atoms with E-state index in [9.17, 15) is 0 Å². The first-order valence-corrected chi connectivity index (χ1v) is 20.5. The van der Waals surface area contributed by atoms with Gasteiger partial charge in [0.25, 0.3) is 0 Å². The second-order valence-corrected chi connectivity index (χ2v) is 15.4. The molecule has 3 heterocycles. The average molecular weight is 767 g/mol. The van der Waals surface area contributed by atoms with Crippen LogP contribution in [0.3, 0.4) is 0 Å². The lowest BCUT2D eigenvalue weighted by atomic mass is 9.98. The smallest absolute Gasteiger partial charge is 0.0641 e. The summed E-state index contributed by atoms with van der Waals surface area (Å²) in [4.78, 5) is 4.78. The highest BCUT2D eigenvalue weighted by Gasteiger charge is 2.31. The number of benzene rings is 9. The highest BCUT2D eigenvalue weighted by atomic mass is 15.2. The van der Waals surface area contributed by atoms with Gasteiger partial charge in [-0.1, -0.05) is 127 Å². The number of hydrogen-bond acceptors (Lipinski definition) is 2. The lowest BCUT2D eigenvalue weighted by molar-refractivity contribution is 1.13. The summed E-state index contributed by atoms with van der Waals surface area (Å²) in [6.07, 6.45) is 0. The standard InChI is InChI=1S/C56H38N4/c1-3-17-39(18-4-1)57(41-31-35-43(36-32-41)58-50-26-12-7-21-45(50)46-22-8-13-27-51(46)58)42-33-37-44(38-34-42)59-52-28-14-9-23-47(52)55-48-24-10-15-29-53(48)60(40-19-5-2-6-20-40)56(55)49-25-11-16-30-54(49)59/h1-38H. The van der Waals surface area contributed by atoms with Gasteiger partial charge >= 0.3 is 0 Å². The Morgan fingerprint density at radius 1 is 0.283 bits per heavy atom. The van der Waals surface area contributed by atoms with Gasteiger partial charge in [-0.15, -0.1) is 0 Å². The maximum Gasteiger partial charge on any atom is 0.0641 e. The third kappa shape index (κ3) is 5.25. The SMILES string of the molecule is c1ccc(N(c2ccc(N3c4ccccc4-c4c(n(-c5ccccc5)c5ccccc45)-c4ccccc43)cc2)c2ccc(-n3c4ccccc4c4ccccc43)cc2)cc1. The van der Waals surface area contributed by atoms with Gasteiger partial charge in [-0.3, -0.25) is 0 Å². The lowest BCUT2D eigenvalue weighted by Crippen LogP contribution is -2.13. The zero-order valence-corrected chi connectivity index (χ0v) is 32.7. The van der Waals surface area contributed by atoms with Crippen molar-refractivity contribution in [2.75, 3.05) is 9.80 Å². The molecule has 0 saturated carbocycles. The van der Waals surface area contributed by atoms with Gasteiger partial charge < -0.3 is 18.9 Å². The Hall–Kier alpha value is -8.08. The van der Waals surface area contributed by atoms with E-state index in [2.05, 4.69) is 249 Å². The molecule has 0 amide bonds. The van der Waals surface area contributed by atoms with Crippen LogP contribution in [0, 0.1) is 0 Å². The summed E-state index contributed by atoms with van der Waals surface area (Å²) in [6.45, 7) is 0. The maximum absolute atomic E-state index is 2.44. The van der Waals surface area contributed by atoms with Gasteiger partial charge in [0.2, 0.25) is 0 Å². The van der Waals surface area contributed by atoms with Crippen molar-refractivity contribution in [2.45, 2.75) is 0 Å². The highest BCUT2D eigenvalue weighted by Crippen LogP contribution is 2.54. The Balaban J connectivity index is 0.991. The second kappa shape index (κ2) is 13.8. The van der Waals surface area contributed by atoms with E-state index in [1.807, 2.05) is 0 Å². The Labute approximate surface area is 348 Å². The van der Waals surface area contributed by atoms with Crippen LogP contribution in [0.5, 0.6) is 0 Å². The van der Waals surface area contributed by atoms with E-state index in [1.54, 1.807) is 0 Å². The summed E-state index contributed by atoms with van der Waals surface area (Å²) in [7, 11) is 0. The molecule has 1 aliphatic rings. The van der Waals surface area contributed by atoms with Gasteiger partial charge in [0.1, 0.15) is 0 Å². The van der Waals surface area contributed by atoms with Gasteiger partial charge in [0.15, 0.2) is 0 Å². The van der Waals surface area contributed by atoms with Gasteiger partial charge in [0.05, 0.1) is 33.6 Å². The quantitative estimate of drug-likeness (QED) is 0.168. The number of fused-ring (bicyclic) bond motifs is 10. The van der Waals surface area contributed by atoms with Crippen LogP contribution < -0.4 is 9.80 Å². The third-order valence-electron chi connectivity index (χ3n) is 12.0. The van der Waals surface area contributed by atoms with E-state index in [0.29, 0.717) is 0 Å². The molecule has 0 aliphatic carbocycles. The topological polar surface area (TPSA) is 16.3 Å². The van der Waals surface area contributed by atoms with Crippen molar-refractivity contribution in [3.63, 3.8) is 0 Å². The number of rotatable bonds is 6. The zero-order valence-electron chi connectivity index (χ0n) is 32.7. The molecule has 12 rings (SSSR count). The van der Waals surface area contributed by atoms with Crippen LogP contribution in [0.4, 0.5) is 34.1 Å². The van der Waals surface area contributed by atoms with Crippen LogP contribution in [0.25, 0.3) is 66.5 Å². The lowest BCUT2D eigenvalue weighted by Gasteiger charge is -2.29. The van der Waals surface area contributed by atoms with Crippen molar-refractivity contribution < 1.29 is 0 Å². The molecular formula is C56H38N4. The molecule has 0 atom stereocenters. The molecular weight excluding hydrogens is 729 g/mol. The number of para-hydroxylation sites is 7. The van der Waals surface area contributed by atoms with E-state index >= 15 is 0 Å². The number of hydrogen-bond donors (Lipinski definition) is 0. The van der Waals surface area contributed by atoms with Crippen molar-refractivity contribution >= 4 is 66.8 Å². The van der Waals surface area contributed by atoms with Crippen molar-refractivity contribution in [3.8, 4) is 33.8 Å². The Morgan fingerprint density at radius 2 is 0.700 bits per heavy atom. The number of nitrogens with zero attached hydrogens (tertiary/aromatic N) is 4. The molecule has 60 heavy (non-hydrogen) atoms. The molecule has 0 unspecified atom stereocenters. The average Bonchev–Trinajstić information content (AvgIpc) is 3.80. The number of anilines is 6. The van der Waals surface area contributed by atoms with Crippen molar-refractivity contribution in [3.05, 3.63) is 231 Å². The van der Waals surface area contributed by atoms with Crippen molar-refractivity contribution in [2.24, 2.45) is 0 Å². The van der Waals surface area contributed by atoms with Crippen LogP contribution in [0.15, 0.2) is 231 Å². The fraction of sp³-hybridized carbons (Fsp3) is 0. The van der Waals surface area contributed by atoms with Crippen LogP contribution in [-0.4, -0.2) is 9.13 Å². The van der Waals surface area contributed by atoms with Gasteiger partial charge in [-0.05, 0) is 103 Å². The summed E-state index contributed by atoms with van der Waals surface area (Å²) in [5, 5.41) is 3.76. The van der Waals surface area contributed by atoms with Crippen LogP contribution in [0.1, 0.15) is 0 Å². The Bertz CT molecular complexity index is 3310. The zero-order chi connectivity index (χ0) is 39.6. The Kier molecular flexibility index (Phi) is 7.82. The van der Waals surface area contributed by atoms with Gasteiger partial charge in [0, 0.05) is 67.0 Å². The molecule has 4 heteroatoms. The minimum absolute atomic E-state index is 1.08. The fourth-order valence-electron chi connectivity index (χ4n) is 9.50. The Morgan fingerprint density at radius 3 is 1.32 bits per heavy atom. The summed E-state index contributed by atoms with van der Waals surface area (Å²) in [6, 6.07) is 83.3. The molecule has 11 aromatic rings. The predicted molar refractivity (Wildman–Crippen MR) is 251 cm³/mol. The monoisotopic (exact) mass is 766 g/mol. The van der Waals surface area contributed by atoms with E-state index < -0.39 is 0 Å². The molecule has 2 aromatic heterocycles. The first kappa shape index (κ1) is 34.0. The van der Waals surface area contributed by atoms with E-state index in [4.69, 9.17) is 0 Å². The predicted octanol–water partition coefficient (Wildman–Crippen LogP) is 15.3. The number of aromatic nitrogens is 2. The first-order valence-electron chi connectivity index (χ1n) is 20.5. The van der Waals surface area contributed by atoms with E-state index in [-0.39, 0.29) is 0 Å². The largest absolute Gasteiger partial charge is 0.311 e. The third-order valence-corrected chi connectivity index (χ3v) is 12.0. The molecule has 0 radical (unpaired) electrons. The minimum atomic E-state index is 1.08.